The van der Waals surface area contributed by atoms with Gasteiger partial charge in [0.2, 0.25) is 0 Å². The molecule has 3 aromatic carbocycles. The Labute approximate surface area is 277 Å². The second-order valence-electron chi connectivity index (χ2n) is 11.6. The molecule has 47 heavy (non-hydrogen) atoms. The van der Waals surface area contributed by atoms with Gasteiger partial charge in [-0.25, -0.2) is 4.98 Å². The molecule has 1 atom stereocenters. The van der Waals surface area contributed by atoms with Crippen LogP contribution in [-0.4, -0.2) is 61.1 Å². The molecule has 0 radical (unpaired) electrons. The third-order valence-electron chi connectivity index (χ3n) is 8.18. The van der Waals surface area contributed by atoms with E-state index in [1.807, 2.05) is 57.2 Å². The minimum atomic E-state index is -4.02. The first kappa shape index (κ1) is 34.1. The van der Waals surface area contributed by atoms with Gasteiger partial charge < -0.3 is 20.1 Å². The smallest absolute Gasteiger partial charge is 0.294 e. The van der Waals surface area contributed by atoms with E-state index in [0.717, 1.165) is 55.5 Å². The number of carbonyl (C=O) groups excluding carboxylic acids is 2. The van der Waals surface area contributed by atoms with Crippen molar-refractivity contribution in [2.24, 2.45) is 0 Å². The van der Waals surface area contributed by atoms with Gasteiger partial charge in [0.05, 0.1) is 33.7 Å². The van der Waals surface area contributed by atoms with Crippen molar-refractivity contribution in [1.29, 1.82) is 0 Å². The maximum atomic E-state index is 13.6. The van der Waals surface area contributed by atoms with E-state index < -0.39 is 10.1 Å². The molecule has 6 rings (SSSR count). The lowest BCUT2D eigenvalue weighted by Crippen LogP contribution is -2.23. The number of aliphatic hydroxyl groups excluding tert-OH is 1. The SMILES string of the molecule is COCc1ccc(C(C)=O)c2sc(C(=O)Nc3nc4ccccc4c(N4CC[C@@H](O)C4)c3C)c(C)c12.Cc1ccc(S(=O)(=O)O)cc1. The van der Waals surface area contributed by atoms with Gasteiger partial charge in [0.25, 0.3) is 16.0 Å². The number of anilines is 2. The molecular weight excluding hydrogens is 639 g/mol. The molecule has 10 nitrogen and oxygen atoms in total. The van der Waals surface area contributed by atoms with Gasteiger partial charge in [-0.1, -0.05) is 42.0 Å². The standard InChI is InChI=1S/C28H29N3O4S.C7H8O3S/c1-15-23-18(14-35-4)9-10-20(17(3)32)26(23)36-25(15)28(34)30-27-16(2)24(31-12-11-19(33)13-31)21-7-5-6-8-22(21)29-27;1-6-2-4-7(5-3-6)11(8,9)10/h5-10,19,33H,11-14H2,1-4H3,(H,29,30,34);2-5H,1H3,(H,8,9,10)/t19-;/m1./s1. The number of para-hydroxylation sites is 1. The number of ether oxygens (including phenoxy) is 1. The lowest BCUT2D eigenvalue weighted by molar-refractivity contribution is 0.101. The van der Waals surface area contributed by atoms with Crippen molar-refractivity contribution in [2.75, 3.05) is 30.4 Å². The number of thiophene rings is 1. The number of β-amino-alcohol motifs (C(OH)–C–C–N with tert-alkyl or cyclic N) is 1. The first-order valence-electron chi connectivity index (χ1n) is 15.0. The highest BCUT2D eigenvalue weighted by atomic mass is 32.2. The zero-order valence-corrected chi connectivity index (χ0v) is 28.5. The summed E-state index contributed by atoms with van der Waals surface area (Å²) in [6, 6.07) is 17.6. The van der Waals surface area contributed by atoms with Gasteiger partial charge >= 0.3 is 0 Å². The van der Waals surface area contributed by atoms with E-state index in [9.17, 15) is 23.1 Å². The van der Waals surface area contributed by atoms with E-state index in [-0.39, 0.29) is 22.7 Å². The number of nitrogens with zero attached hydrogens (tertiary/aromatic N) is 2. The van der Waals surface area contributed by atoms with Gasteiger partial charge in [0.1, 0.15) is 5.82 Å². The molecule has 1 aliphatic rings. The van der Waals surface area contributed by atoms with Crippen LogP contribution < -0.4 is 10.2 Å². The molecule has 0 aliphatic carbocycles. The molecule has 1 fully saturated rings. The number of aromatic nitrogens is 1. The summed E-state index contributed by atoms with van der Waals surface area (Å²) in [7, 11) is -2.39. The fourth-order valence-corrected chi connectivity index (χ4v) is 7.63. The molecule has 5 aromatic rings. The topological polar surface area (TPSA) is 146 Å². The number of hydrogen-bond donors (Lipinski definition) is 3. The molecule has 3 N–H and O–H groups in total. The first-order valence-corrected chi connectivity index (χ1v) is 17.3. The highest BCUT2D eigenvalue weighted by Crippen LogP contribution is 2.39. The van der Waals surface area contributed by atoms with Gasteiger partial charge in [-0.15, -0.1) is 11.3 Å². The molecule has 1 amide bonds. The van der Waals surface area contributed by atoms with Crippen LogP contribution in [0.4, 0.5) is 11.5 Å². The number of carbonyl (C=O) groups is 2. The summed E-state index contributed by atoms with van der Waals surface area (Å²) in [6.45, 7) is 8.94. The molecule has 1 saturated heterocycles. The maximum Gasteiger partial charge on any atom is 0.294 e. The van der Waals surface area contributed by atoms with Crippen molar-refractivity contribution < 1.29 is 32.4 Å². The van der Waals surface area contributed by atoms with Crippen LogP contribution in [0.5, 0.6) is 0 Å². The number of aliphatic hydroxyl groups is 1. The number of rotatable bonds is 7. The molecule has 246 valence electrons. The molecule has 2 aromatic heterocycles. The second kappa shape index (κ2) is 13.9. The number of fused-ring (bicyclic) bond motifs is 2. The summed E-state index contributed by atoms with van der Waals surface area (Å²) < 4.78 is 35.7. The Morgan fingerprint density at radius 1 is 1.04 bits per heavy atom. The Bertz CT molecular complexity index is 2090. The molecule has 1 aliphatic heterocycles. The van der Waals surface area contributed by atoms with E-state index in [0.29, 0.717) is 35.8 Å². The van der Waals surface area contributed by atoms with Gasteiger partial charge in [-0.3, -0.25) is 14.1 Å². The summed E-state index contributed by atoms with van der Waals surface area (Å²) >= 11 is 1.33. The molecule has 0 bridgehead atoms. The molecular formula is C35H37N3O7S2. The average Bonchev–Trinajstić information content (AvgIpc) is 3.61. The third-order valence-corrected chi connectivity index (χ3v) is 10.4. The predicted octanol–water partition coefficient (Wildman–Crippen LogP) is 6.48. The number of amides is 1. The predicted molar refractivity (Wildman–Crippen MR) is 186 cm³/mol. The van der Waals surface area contributed by atoms with Crippen LogP contribution in [-0.2, 0) is 21.5 Å². The molecule has 3 heterocycles. The number of Topliss-reactive ketones (excluding diaryl/α,β-unsaturated/α-hetero) is 1. The van der Waals surface area contributed by atoms with Crippen molar-refractivity contribution in [3.8, 4) is 0 Å². The Balaban J connectivity index is 0.000000335. The summed E-state index contributed by atoms with van der Waals surface area (Å²) in [5, 5.41) is 15.1. The number of nitrogens with one attached hydrogen (secondary N) is 1. The summed E-state index contributed by atoms with van der Waals surface area (Å²) in [5.74, 6) is 0.197. The second-order valence-corrected chi connectivity index (χ2v) is 14.0. The van der Waals surface area contributed by atoms with Crippen molar-refractivity contribution >= 4 is 65.6 Å². The lowest BCUT2D eigenvalue weighted by Gasteiger charge is -2.24. The van der Waals surface area contributed by atoms with E-state index >= 15 is 0 Å². The normalized spacial score (nSPS) is 14.7. The molecule has 0 unspecified atom stereocenters. The summed E-state index contributed by atoms with van der Waals surface area (Å²) in [6.07, 6.45) is 0.341. The van der Waals surface area contributed by atoms with Crippen LogP contribution in [0.1, 0.15) is 55.6 Å². The van der Waals surface area contributed by atoms with E-state index in [1.165, 1.54) is 23.5 Å². The number of hydrogen-bond acceptors (Lipinski definition) is 9. The molecule has 0 spiro atoms. The number of pyridine rings is 1. The van der Waals surface area contributed by atoms with Crippen LogP contribution in [0.2, 0.25) is 0 Å². The highest BCUT2D eigenvalue weighted by Gasteiger charge is 2.27. The van der Waals surface area contributed by atoms with Gasteiger partial charge in [0, 0.05) is 46.8 Å². The van der Waals surface area contributed by atoms with Gasteiger partial charge in [-0.05, 0) is 69.5 Å². The Morgan fingerprint density at radius 2 is 1.74 bits per heavy atom. The van der Waals surface area contributed by atoms with E-state index in [2.05, 4.69) is 10.2 Å². The Morgan fingerprint density at radius 3 is 2.36 bits per heavy atom. The van der Waals surface area contributed by atoms with Crippen LogP contribution in [0.25, 0.3) is 21.0 Å². The minimum absolute atomic E-state index is 0.0401. The summed E-state index contributed by atoms with van der Waals surface area (Å²) in [4.78, 5) is 33.3. The van der Waals surface area contributed by atoms with Gasteiger partial charge in [0.15, 0.2) is 5.78 Å². The zero-order chi connectivity index (χ0) is 34.0. The van der Waals surface area contributed by atoms with Crippen LogP contribution in [0.3, 0.4) is 0 Å². The number of ketones is 1. The maximum absolute atomic E-state index is 13.6. The van der Waals surface area contributed by atoms with Crippen LogP contribution >= 0.6 is 11.3 Å². The quantitative estimate of drug-likeness (QED) is 0.130. The zero-order valence-electron chi connectivity index (χ0n) is 26.8. The first-order chi connectivity index (χ1) is 22.3. The highest BCUT2D eigenvalue weighted by molar-refractivity contribution is 7.85. The van der Waals surface area contributed by atoms with E-state index in [4.69, 9.17) is 14.3 Å². The minimum Gasteiger partial charge on any atom is -0.391 e. The largest absolute Gasteiger partial charge is 0.391 e. The Kier molecular flexibility index (Phi) is 10.1. The molecule has 12 heteroatoms. The van der Waals surface area contributed by atoms with Crippen molar-refractivity contribution in [3.05, 3.63) is 93.4 Å². The monoisotopic (exact) mass is 675 g/mol. The number of aryl methyl sites for hydroxylation is 2. The van der Waals surface area contributed by atoms with Crippen molar-refractivity contribution in [1.82, 2.24) is 4.98 Å². The Hall–Kier alpha value is -4.20. The number of benzene rings is 3. The molecule has 0 saturated carbocycles. The van der Waals surface area contributed by atoms with Crippen molar-refractivity contribution in [3.63, 3.8) is 0 Å². The van der Waals surface area contributed by atoms with Crippen LogP contribution in [0.15, 0.2) is 65.6 Å². The lowest BCUT2D eigenvalue weighted by atomic mass is 10.0. The van der Waals surface area contributed by atoms with Gasteiger partial charge in [-0.2, -0.15) is 8.42 Å². The fourth-order valence-electron chi connectivity index (χ4n) is 5.84. The average molecular weight is 676 g/mol. The van der Waals surface area contributed by atoms with Crippen molar-refractivity contribution in [2.45, 2.75) is 51.7 Å². The number of methoxy groups -OCH3 is 1. The van der Waals surface area contributed by atoms with Crippen LogP contribution in [0, 0.1) is 20.8 Å². The fraction of sp³-hybridized carbons (Fsp3) is 0.286. The summed E-state index contributed by atoms with van der Waals surface area (Å²) in [5.41, 5.74) is 5.96. The van der Waals surface area contributed by atoms with E-state index in [1.54, 1.807) is 26.2 Å². The third kappa shape index (κ3) is 7.21.